The SMILES string of the molecule is CCOc1cc(/C=C2/SC(=O)N(CC(=O)N3CCN(c4ccccc4)CC3)C2=O)ccc1OCc1ccccc1. The smallest absolute Gasteiger partial charge is 0.294 e. The van der Waals surface area contributed by atoms with Gasteiger partial charge in [0.1, 0.15) is 13.2 Å². The second kappa shape index (κ2) is 12.7. The van der Waals surface area contributed by atoms with Crippen LogP contribution in [0.3, 0.4) is 0 Å². The Hall–Kier alpha value is -4.24. The van der Waals surface area contributed by atoms with Crippen molar-refractivity contribution in [3.8, 4) is 11.5 Å². The molecule has 3 aromatic carbocycles. The van der Waals surface area contributed by atoms with Crippen LogP contribution in [0.25, 0.3) is 6.08 Å². The molecule has 0 aliphatic carbocycles. The van der Waals surface area contributed by atoms with Crippen molar-refractivity contribution in [3.05, 3.63) is 94.9 Å². The van der Waals surface area contributed by atoms with Crippen LogP contribution in [0.2, 0.25) is 0 Å². The van der Waals surface area contributed by atoms with Gasteiger partial charge in [0, 0.05) is 31.9 Å². The molecule has 0 bridgehead atoms. The molecule has 0 spiro atoms. The summed E-state index contributed by atoms with van der Waals surface area (Å²) in [4.78, 5) is 44.0. The highest BCUT2D eigenvalue weighted by atomic mass is 32.2. The van der Waals surface area contributed by atoms with Gasteiger partial charge in [-0.05, 0) is 60.2 Å². The summed E-state index contributed by atoms with van der Waals surface area (Å²) < 4.78 is 11.7. The monoisotopic (exact) mass is 557 g/mol. The van der Waals surface area contributed by atoms with Crippen molar-refractivity contribution >= 4 is 40.6 Å². The molecule has 2 aliphatic heterocycles. The Morgan fingerprint density at radius 3 is 2.27 bits per heavy atom. The van der Waals surface area contributed by atoms with Gasteiger partial charge in [-0.3, -0.25) is 19.3 Å². The quantitative estimate of drug-likeness (QED) is 0.341. The van der Waals surface area contributed by atoms with E-state index in [2.05, 4.69) is 4.90 Å². The molecule has 8 nitrogen and oxygen atoms in total. The first-order chi connectivity index (χ1) is 19.5. The first-order valence-electron chi connectivity index (χ1n) is 13.3. The van der Waals surface area contributed by atoms with Crippen molar-refractivity contribution in [2.45, 2.75) is 13.5 Å². The second-order valence-electron chi connectivity index (χ2n) is 9.38. The molecule has 2 aliphatic rings. The molecule has 0 N–H and O–H groups in total. The lowest BCUT2D eigenvalue weighted by molar-refractivity contribution is -0.136. The van der Waals surface area contributed by atoms with E-state index in [4.69, 9.17) is 9.47 Å². The number of piperazine rings is 1. The van der Waals surface area contributed by atoms with E-state index in [-0.39, 0.29) is 17.4 Å². The number of imide groups is 1. The van der Waals surface area contributed by atoms with Crippen molar-refractivity contribution in [2.75, 3.05) is 44.2 Å². The van der Waals surface area contributed by atoms with Crippen molar-refractivity contribution in [1.82, 2.24) is 9.80 Å². The van der Waals surface area contributed by atoms with E-state index >= 15 is 0 Å². The second-order valence-corrected chi connectivity index (χ2v) is 10.4. The Bertz CT molecular complexity index is 1390. The summed E-state index contributed by atoms with van der Waals surface area (Å²) in [5, 5.41) is -0.444. The molecule has 0 radical (unpaired) electrons. The van der Waals surface area contributed by atoms with Crippen LogP contribution in [0.5, 0.6) is 11.5 Å². The Morgan fingerprint density at radius 2 is 1.57 bits per heavy atom. The standard InChI is InChI=1S/C31H31N3O5S/c1-2-38-27-19-24(13-14-26(27)39-22-23-9-5-3-6-10-23)20-28-30(36)34(31(37)40-28)21-29(35)33-17-15-32(16-18-33)25-11-7-4-8-12-25/h3-14,19-20H,2,15-18,21-22H2,1H3/b28-20+. The molecule has 9 heteroatoms. The molecule has 5 rings (SSSR count). The molecule has 0 saturated carbocycles. The highest BCUT2D eigenvalue weighted by molar-refractivity contribution is 8.18. The molecule has 0 atom stereocenters. The van der Waals surface area contributed by atoms with E-state index in [9.17, 15) is 14.4 Å². The largest absolute Gasteiger partial charge is 0.490 e. The molecule has 40 heavy (non-hydrogen) atoms. The number of benzene rings is 3. The van der Waals surface area contributed by atoms with Crippen molar-refractivity contribution in [2.24, 2.45) is 0 Å². The summed E-state index contributed by atoms with van der Waals surface area (Å²) in [5.74, 6) is 0.452. The maximum Gasteiger partial charge on any atom is 0.294 e. The zero-order chi connectivity index (χ0) is 27.9. The fourth-order valence-corrected chi connectivity index (χ4v) is 5.45. The number of nitrogens with zero attached hydrogens (tertiary/aromatic N) is 3. The molecular weight excluding hydrogens is 526 g/mol. The van der Waals surface area contributed by atoms with Gasteiger partial charge in [-0.2, -0.15) is 0 Å². The van der Waals surface area contributed by atoms with Crippen molar-refractivity contribution in [3.63, 3.8) is 0 Å². The van der Waals surface area contributed by atoms with Gasteiger partial charge in [-0.15, -0.1) is 0 Å². The van der Waals surface area contributed by atoms with E-state index in [1.807, 2.05) is 73.7 Å². The fourth-order valence-electron chi connectivity index (χ4n) is 4.61. The van der Waals surface area contributed by atoms with Gasteiger partial charge in [0.15, 0.2) is 11.5 Å². The predicted octanol–water partition coefficient (Wildman–Crippen LogP) is 5.05. The number of hydrogen-bond donors (Lipinski definition) is 0. The fraction of sp³-hybridized carbons (Fsp3) is 0.258. The number of amides is 3. The van der Waals surface area contributed by atoms with E-state index in [1.165, 1.54) is 0 Å². The van der Waals surface area contributed by atoms with Gasteiger partial charge in [0.05, 0.1) is 11.5 Å². The number of rotatable bonds is 9. The normalized spacial score (nSPS) is 16.5. The number of hydrogen-bond acceptors (Lipinski definition) is 7. The lowest BCUT2D eigenvalue weighted by Gasteiger charge is -2.36. The van der Waals surface area contributed by atoms with Gasteiger partial charge in [-0.25, -0.2) is 0 Å². The third-order valence-electron chi connectivity index (χ3n) is 6.72. The lowest BCUT2D eigenvalue weighted by atomic mass is 10.1. The number of carbonyl (C=O) groups is 3. The minimum Gasteiger partial charge on any atom is -0.490 e. The molecule has 206 valence electrons. The van der Waals surface area contributed by atoms with Gasteiger partial charge in [-0.1, -0.05) is 54.6 Å². The summed E-state index contributed by atoms with van der Waals surface area (Å²) in [5.41, 5.74) is 2.86. The highest BCUT2D eigenvalue weighted by Gasteiger charge is 2.37. The van der Waals surface area contributed by atoms with Gasteiger partial charge >= 0.3 is 0 Å². The molecular formula is C31H31N3O5S. The van der Waals surface area contributed by atoms with E-state index in [1.54, 1.807) is 23.1 Å². The Kier molecular flexibility index (Phi) is 8.71. The summed E-state index contributed by atoms with van der Waals surface area (Å²) >= 11 is 0.841. The van der Waals surface area contributed by atoms with Crippen LogP contribution in [0, 0.1) is 0 Å². The topological polar surface area (TPSA) is 79.4 Å². The van der Waals surface area contributed by atoms with Crippen LogP contribution in [0.4, 0.5) is 10.5 Å². The lowest BCUT2D eigenvalue weighted by Crippen LogP contribution is -2.51. The first kappa shape index (κ1) is 27.3. The molecule has 2 saturated heterocycles. The van der Waals surface area contributed by atoms with Crippen LogP contribution < -0.4 is 14.4 Å². The predicted molar refractivity (Wildman–Crippen MR) is 156 cm³/mol. The average molecular weight is 558 g/mol. The summed E-state index contributed by atoms with van der Waals surface area (Å²) in [6.45, 7) is 4.95. The van der Waals surface area contributed by atoms with Crippen LogP contribution in [0.1, 0.15) is 18.1 Å². The number of carbonyl (C=O) groups excluding carboxylic acids is 3. The summed E-state index contributed by atoms with van der Waals surface area (Å²) in [6, 6.07) is 25.3. The summed E-state index contributed by atoms with van der Waals surface area (Å²) in [7, 11) is 0. The molecule has 3 amide bonds. The van der Waals surface area contributed by atoms with Crippen molar-refractivity contribution in [1.29, 1.82) is 0 Å². The molecule has 2 heterocycles. The van der Waals surface area contributed by atoms with Crippen LogP contribution >= 0.6 is 11.8 Å². The molecule has 0 aromatic heterocycles. The number of anilines is 1. The van der Waals surface area contributed by atoms with Gasteiger partial charge < -0.3 is 19.3 Å². The maximum absolute atomic E-state index is 13.1. The Labute approximate surface area is 238 Å². The van der Waals surface area contributed by atoms with E-state index in [0.717, 1.165) is 27.9 Å². The minimum absolute atomic E-state index is 0.227. The highest BCUT2D eigenvalue weighted by Crippen LogP contribution is 2.35. The first-order valence-corrected chi connectivity index (χ1v) is 14.1. The average Bonchev–Trinajstić information content (AvgIpc) is 3.25. The van der Waals surface area contributed by atoms with Crippen molar-refractivity contribution < 1.29 is 23.9 Å². The Morgan fingerprint density at radius 1 is 0.875 bits per heavy atom. The van der Waals surface area contributed by atoms with Crippen LogP contribution in [-0.4, -0.2) is 66.2 Å². The minimum atomic E-state index is -0.464. The molecule has 0 unspecified atom stereocenters. The van der Waals surface area contributed by atoms with Crippen LogP contribution in [0.15, 0.2) is 83.8 Å². The third-order valence-corrected chi connectivity index (χ3v) is 7.63. The number of para-hydroxylation sites is 1. The van der Waals surface area contributed by atoms with Gasteiger partial charge in [0.2, 0.25) is 5.91 Å². The van der Waals surface area contributed by atoms with Crippen LogP contribution in [-0.2, 0) is 16.2 Å². The van der Waals surface area contributed by atoms with Gasteiger partial charge in [0.25, 0.3) is 11.1 Å². The zero-order valence-electron chi connectivity index (χ0n) is 22.3. The third kappa shape index (κ3) is 6.48. The molecule has 3 aromatic rings. The number of thioether (sulfide) groups is 1. The maximum atomic E-state index is 13.1. The summed E-state index contributed by atoms with van der Waals surface area (Å²) in [6.07, 6.45) is 1.65. The van der Waals surface area contributed by atoms with E-state index < -0.39 is 11.1 Å². The molecule has 2 fully saturated rings. The van der Waals surface area contributed by atoms with E-state index in [0.29, 0.717) is 56.5 Å². The number of ether oxygens (including phenoxy) is 2. The Balaban J connectivity index is 1.21. The zero-order valence-corrected chi connectivity index (χ0v) is 23.1.